The monoisotopic (exact) mass is 283 g/mol. The highest BCUT2D eigenvalue weighted by atomic mass is 16.2. The molecule has 0 aromatic rings. The number of hydrogen-bond donors (Lipinski definition) is 1. The zero-order valence-corrected chi connectivity index (χ0v) is 13.2. The molecule has 0 spiro atoms. The standard InChI is InChI=1S/C16H31N2O2/c1-3-5-7-9-11-13-15(19)18-14(16(17)20)12-10-8-6-4-2/h14,17H,3-13H2,1-2H3,(H,18,19). The van der Waals surface area contributed by atoms with E-state index in [9.17, 15) is 9.59 Å². The third-order valence-electron chi connectivity index (χ3n) is 3.51. The molecule has 1 unspecified atom stereocenters. The summed E-state index contributed by atoms with van der Waals surface area (Å²) in [7, 11) is 0. The van der Waals surface area contributed by atoms with Gasteiger partial charge in [-0.25, -0.2) is 0 Å². The van der Waals surface area contributed by atoms with Crippen molar-refractivity contribution in [1.82, 2.24) is 11.1 Å². The first-order valence-corrected chi connectivity index (χ1v) is 8.16. The number of rotatable bonds is 13. The van der Waals surface area contributed by atoms with Gasteiger partial charge in [0, 0.05) is 6.42 Å². The van der Waals surface area contributed by atoms with Crippen molar-refractivity contribution in [2.24, 2.45) is 0 Å². The molecular weight excluding hydrogens is 252 g/mol. The van der Waals surface area contributed by atoms with Gasteiger partial charge in [0.15, 0.2) is 0 Å². The minimum absolute atomic E-state index is 0.0809. The zero-order chi connectivity index (χ0) is 15.2. The van der Waals surface area contributed by atoms with Gasteiger partial charge in [-0.2, -0.15) is 0 Å². The van der Waals surface area contributed by atoms with E-state index in [1.165, 1.54) is 19.3 Å². The lowest BCUT2D eigenvalue weighted by Gasteiger charge is -2.14. The predicted molar refractivity (Wildman–Crippen MR) is 82.2 cm³/mol. The van der Waals surface area contributed by atoms with Crippen LogP contribution in [0, 0.1) is 0 Å². The van der Waals surface area contributed by atoms with Crippen LogP contribution in [0.1, 0.15) is 84.5 Å². The molecule has 0 aromatic heterocycles. The molecule has 0 fully saturated rings. The predicted octanol–water partition coefficient (Wildman–Crippen LogP) is 3.61. The van der Waals surface area contributed by atoms with E-state index in [4.69, 9.17) is 5.73 Å². The molecule has 1 radical (unpaired) electrons. The lowest BCUT2D eigenvalue weighted by Crippen LogP contribution is -2.41. The normalized spacial score (nSPS) is 12.1. The highest BCUT2D eigenvalue weighted by Gasteiger charge is 2.17. The smallest absolute Gasteiger partial charge is 0.260 e. The number of amides is 2. The Labute approximate surface area is 123 Å². The Kier molecular flexibility index (Phi) is 12.3. The first-order valence-electron chi connectivity index (χ1n) is 8.16. The Bertz CT molecular complexity index is 267. The quantitative estimate of drug-likeness (QED) is 0.524. The Morgan fingerprint density at radius 2 is 1.45 bits per heavy atom. The SMILES string of the molecule is CCCCCCCC(=O)NC(CCCCCC)C([NH])=O. The molecule has 4 nitrogen and oxygen atoms in total. The molecule has 4 heteroatoms. The van der Waals surface area contributed by atoms with E-state index in [1.54, 1.807) is 0 Å². The Balaban J connectivity index is 3.81. The average Bonchev–Trinajstić information content (AvgIpc) is 2.41. The molecule has 0 aromatic carbocycles. The highest BCUT2D eigenvalue weighted by Crippen LogP contribution is 2.08. The lowest BCUT2D eigenvalue weighted by atomic mass is 10.1. The molecule has 1 atom stereocenters. The van der Waals surface area contributed by atoms with Crippen molar-refractivity contribution in [3.8, 4) is 0 Å². The van der Waals surface area contributed by atoms with Crippen molar-refractivity contribution >= 4 is 11.8 Å². The highest BCUT2D eigenvalue weighted by molar-refractivity contribution is 5.86. The van der Waals surface area contributed by atoms with Gasteiger partial charge in [-0.3, -0.25) is 15.3 Å². The number of carbonyl (C=O) groups excluding carboxylic acids is 2. The molecular formula is C16H31N2O2. The molecule has 0 heterocycles. The van der Waals surface area contributed by atoms with E-state index in [0.717, 1.165) is 38.5 Å². The number of hydrogen-bond acceptors (Lipinski definition) is 2. The van der Waals surface area contributed by atoms with E-state index in [2.05, 4.69) is 19.2 Å². The fraction of sp³-hybridized carbons (Fsp3) is 0.875. The molecule has 2 N–H and O–H groups in total. The summed E-state index contributed by atoms with van der Waals surface area (Å²) in [6.07, 6.45) is 10.8. The fourth-order valence-corrected chi connectivity index (χ4v) is 2.20. The van der Waals surface area contributed by atoms with E-state index in [1.807, 2.05) is 0 Å². The fourth-order valence-electron chi connectivity index (χ4n) is 2.20. The molecule has 117 valence electrons. The molecule has 0 aliphatic rings. The summed E-state index contributed by atoms with van der Waals surface area (Å²) < 4.78 is 0. The second kappa shape index (κ2) is 12.9. The second-order valence-corrected chi connectivity index (χ2v) is 5.50. The summed E-state index contributed by atoms with van der Waals surface area (Å²) in [5, 5.41) is 2.71. The van der Waals surface area contributed by atoms with Crippen molar-refractivity contribution < 1.29 is 9.59 Å². The minimum Gasteiger partial charge on any atom is -0.344 e. The molecule has 0 aliphatic heterocycles. The molecule has 2 amide bonds. The van der Waals surface area contributed by atoms with Crippen LogP contribution in [-0.2, 0) is 9.59 Å². The van der Waals surface area contributed by atoms with E-state index >= 15 is 0 Å². The zero-order valence-electron chi connectivity index (χ0n) is 13.2. The van der Waals surface area contributed by atoms with Gasteiger partial charge in [-0.15, -0.1) is 0 Å². The van der Waals surface area contributed by atoms with Crippen molar-refractivity contribution in [2.75, 3.05) is 0 Å². The number of nitrogens with one attached hydrogen (secondary N) is 2. The largest absolute Gasteiger partial charge is 0.344 e. The summed E-state index contributed by atoms with van der Waals surface area (Å²) in [5.41, 5.74) is 7.22. The third kappa shape index (κ3) is 10.8. The maximum absolute atomic E-state index is 11.7. The summed E-state index contributed by atoms with van der Waals surface area (Å²) >= 11 is 0. The maximum atomic E-state index is 11.7. The minimum atomic E-state index is -0.666. The molecule has 0 rings (SSSR count). The average molecular weight is 283 g/mol. The van der Waals surface area contributed by atoms with Crippen LogP contribution in [0.2, 0.25) is 0 Å². The Hall–Kier alpha value is -1.06. The van der Waals surface area contributed by atoms with Crippen molar-refractivity contribution in [1.29, 1.82) is 0 Å². The van der Waals surface area contributed by atoms with E-state index in [0.29, 0.717) is 12.8 Å². The van der Waals surface area contributed by atoms with Crippen LogP contribution in [0.3, 0.4) is 0 Å². The van der Waals surface area contributed by atoms with Crippen LogP contribution >= 0.6 is 0 Å². The van der Waals surface area contributed by atoms with Crippen molar-refractivity contribution in [3.05, 3.63) is 0 Å². The van der Waals surface area contributed by atoms with Gasteiger partial charge in [-0.05, 0) is 12.8 Å². The second-order valence-electron chi connectivity index (χ2n) is 5.50. The molecule has 0 saturated carbocycles. The van der Waals surface area contributed by atoms with Gasteiger partial charge < -0.3 is 5.32 Å². The Morgan fingerprint density at radius 3 is 2.00 bits per heavy atom. The summed E-state index contributed by atoms with van der Waals surface area (Å²) in [5.74, 6) is -0.747. The summed E-state index contributed by atoms with van der Waals surface area (Å²) in [6.45, 7) is 4.29. The summed E-state index contributed by atoms with van der Waals surface area (Å²) in [4.78, 5) is 22.9. The van der Waals surface area contributed by atoms with Crippen LogP contribution in [0.5, 0.6) is 0 Å². The number of unbranched alkanes of at least 4 members (excludes halogenated alkanes) is 7. The van der Waals surface area contributed by atoms with Gasteiger partial charge in [0.05, 0.1) is 0 Å². The molecule has 0 bridgehead atoms. The van der Waals surface area contributed by atoms with E-state index in [-0.39, 0.29) is 5.91 Å². The summed E-state index contributed by atoms with van der Waals surface area (Å²) in [6, 6.07) is -0.602. The van der Waals surface area contributed by atoms with Crippen LogP contribution in [-0.4, -0.2) is 17.9 Å². The van der Waals surface area contributed by atoms with Gasteiger partial charge >= 0.3 is 0 Å². The molecule has 0 saturated heterocycles. The molecule has 20 heavy (non-hydrogen) atoms. The molecule has 0 aliphatic carbocycles. The van der Waals surface area contributed by atoms with E-state index < -0.39 is 11.9 Å². The van der Waals surface area contributed by atoms with Crippen LogP contribution in [0.4, 0.5) is 0 Å². The van der Waals surface area contributed by atoms with Gasteiger partial charge in [0.2, 0.25) is 5.91 Å². The number of carbonyl (C=O) groups is 2. The third-order valence-corrected chi connectivity index (χ3v) is 3.51. The van der Waals surface area contributed by atoms with Crippen molar-refractivity contribution in [3.63, 3.8) is 0 Å². The lowest BCUT2D eigenvalue weighted by molar-refractivity contribution is -0.127. The van der Waals surface area contributed by atoms with Crippen LogP contribution in [0.25, 0.3) is 0 Å². The maximum Gasteiger partial charge on any atom is 0.260 e. The van der Waals surface area contributed by atoms with Gasteiger partial charge in [0.1, 0.15) is 6.04 Å². The van der Waals surface area contributed by atoms with Crippen molar-refractivity contribution in [2.45, 2.75) is 90.5 Å². The van der Waals surface area contributed by atoms with Crippen LogP contribution < -0.4 is 11.1 Å². The van der Waals surface area contributed by atoms with Gasteiger partial charge in [-0.1, -0.05) is 65.2 Å². The first-order chi connectivity index (χ1) is 9.61. The Morgan fingerprint density at radius 1 is 0.900 bits per heavy atom. The van der Waals surface area contributed by atoms with Gasteiger partial charge in [0.25, 0.3) is 5.91 Å². The first kappa shape index (κ1) is 18.9. The topological polar surface area (TPSA) is 70.0 Å². The van der Waals surface area contributed by atoms with Crippen LogP contribution in [0.15, 0.2) is 0 Å².